The minimum Gasteiger partial charge on any atom is -0.493 e. The first kappa shape index (κ1) is 15.8. The Balaban J connectivity index is 2.35. The van der Waals surface area contributed by atoms with E-state index in [0.717, 1.165) is 25.8 Å². The Morgan fingerprint density at radius 3 is 2.60 bits per heavy atom. The van der Waals surface area contributed by atoms with Gasteiger partial charge in [0.05, 0.1) is 17.1 Å². The first-order valence-electron chi connectivity index (χ1n) is 6.15. The van der Waals surface area contributed by atoms with Crippen molar-refractivity contribution in [1.29, 1.82) is 0 Å². The minimum absolute atomic E-state index is 0.285. The summed E-state index contributed by atoms with van der Waals surface area (Å²) < 4.78 is 7.34. The summed E-state index contributed by atoms with van der Waals surface area (Å²) in [4.78, 5) is 0. The Labute approximate surface area is 140 Å². The molecule has 0 bridgehead atoms. The Hall–Kier alpha value is -0.550. The Morgan fingerprint density at radius 1 is 1.20 bits per heavy atom. The summed E-state index contributed by atoms with van der Waals surface area (Å²) in [6, 6.07) is 11.2. The summed E-state index contributed by atoms with van der Waals surface area (Å²) in [6.07, 6.45) is 0. The summed E-state index contributed by atoms with van der Waals surface area (Å²) in [6.45, 7) is 2.58. The number of benzene rings is 2. The highest BCUT2D eigenvalue weighted by Gasteiger charge is 2.14. The van der Waals surface area contributed by atoms with Gasteiger partial charge < -0.3 is 10.5 Å². The van der Waals surface area contributed by atoms with Crippen molar-refractivity contribution in [2.24, 2.45) is 5.73 Å². The Kier molecular flexibility index (Phi) is 5.49. The number of hydrogen-bond acceptors (Lipinski definition) is 2. The molecular formula is C15H14Br2ClNO. The van der Waals surface area contributed by atoms with E-state index >= 15 is 0 Å². The zero-order valence-electron chi connectivity index (χ0n) is 10.9. The van der Waals surface area contributed by atoms with Crippen LogP contribution in [0.4, 0.5) is 0 Å². The lowest BCUT2D eigenvalue weighted by Gasteiger charge is -2.16. The van der Waals surface area contributed by atoms with Crippen molar-refractivity contribution in [3.8, 4) is 5.75 Å². The van der Waals surface area contributed by atoms with Crippen LogP contribution in [0.15, 0.2) is 45.3 Å². The molecule has 5 heteroatoms. The van der Waals surface area contributed by atoms with Crippen molar-refractivity contribution < 1.29 is 4.74 Å². The van der Waals surface area contributed by atoms with Gasteiger partial charge in [-0.15, -0.1) is 0 Å². The van der Waals surface area contributed by atoms with E-state index in [-0.39, 0.29) is 6.04 Å². The number of rotatable bonds is 4. The predicted octanol–water partition coefficient (Wildman–Crippen LogP) is 5.31. The lowest BCUT2D eigenvalue weighted by Crippen LogP contribution is -2.12. The van der Waals surface area contributed by atoms with Crippen LogP contribution in [-0.4, -0.2) is 6.61 Å². The highest BCUT2D eigenvalue weighted by molar-refractivity contribution is 9.10. The number of ether oxygens (including phenoxy) is 1. The fraction of sp³-hybridized carbons (Fsp3) is 0.200. The van der Waals surface area contributed by atoms with E-state index in [0.29, 0.717) is 11.6 Å². The van der Waals surface area contributed by atoms with Crippen molar-refractivity contribution in [3.05, 3.63) is 61.5 Å². The maximum Gasteiger partial charge on any atom is 0.133 e. The van der Waals surface area contributed by atoms with E-state index in [4.69, 9.17) is 22.1 Å². The second-order valence-corrected chi connectivity index (χ2v) is 6.44. The van der Waals surface area contributed by atoms with E-state index in [1.54, 1.807) is 0 Å². The fourth-order valence-corrected chi connectivity index (χ4v) is 3.04. The van der Waals surface area contributed by atoms with E-state index in [1.807, 2.05) is 43.3 Å². The highest BCUT2D eigenvalue weighted by atomic mass is 79.9. The van der Waals surface area contributed by atoms with Crippen LogP contribution in [0.3, 0.4) is 0 Å². The third-order valence-corrected chi connectivity index (χ3v) is 4.37. The van der Waals surface area contributed by atoms with Crippen molar-refractivity contribution in [2.45, 2.75) is 13.0 Å². The molecule has 0 spiro atoms. The molecule has 2 aromatic rings. The molecule has 0 aromatic heterocycles. The molecule has 0 aliphatic rings. The van der Waals surface area contributed by atoms with Gasteiger partial charge in [0.1, 0.15) is 5.75 Å². The van der Waals surface area contributed by atoms with Crippen LogP contribution in [0.2, 0.25) is 5.02 Å². The standard InChI is InChI=1S/C15H14Br2ClNO/c1-2-20-14-6-3-9(7-12(14)17)15(19)11-8-10(16)4-5-13(11)18/h3-8,15H,2,19H2,1H3. The van der Waals surface area contributed by atoms with Crippen LogP contribution in [0, 0.1) is 0 Å². The van der Waals surface area contributed by atoms with Gasteiger partial charge in [-0.1, -0.05) is 33.6 Å². The minimum atomic E-state index is -0.285. The molecule has 106 valence electrons. The first-order chi connectivity index (χ1) is 9.52. The van der Waals surface area contributed by atoms with Gasteiger partial charge in [0.2, 0.25) is 0 Å². The zero-order chi connectivity index (χ0) is 14.7. The van der Waals surface area contributed by atoms with Gasteiger partial charge >= 0.3 is 0 Å². The van der Waals surface area contributed by atoms with E-state index in [2.05, 4.69) is 31.9 Å². The average Bonchev–Trinajstić information content (AvgIpc) is 2.43. The van der Waals surface area contributed by atoms with E-state index in [9.17, 15) is 0 Å². The van der Waals surface area contributed by atoms with Crippen LogP contribution < -0.4 is 10.5 Å². The molecule has 0 aliphatic heterocycles. The van der Waals surface area contributed by atoms with E-state index < -0.39 is 0 Å². The molecule has 0 saturated heterocycles. The molecule has 0 saturated carbocycles. The van der Waals surface area contributed by atoms with Crippen LogP contribution >= 0.6 is 43.5 Å². The summed E-state index contributed by atoms with van der Waals surface area (Å²) in [7, 11) is 0. The Morgan fingerprint density at radius 2 is 1.95 bits per heavy atom. The number of nitrogens with two attached hydrogens (primary N) is 1. The van der Waals surface area contributed by atoms with Gasteiger partial charge in [0.25, 0.3) is 0 Å². The number of halogens is 3. The normalized spacial score (nSPS) is 12.2. The van der Waals surface area contributed by atoms with Crippen molar-refractivity contribution in [3.63, 3.8) is 0 Å². The third kappa shape index (κ3) is 3.55. The number of hydrogen-bond donors (Lipinski definition) is 1. The maximum atomic E-state index is 6.31. The van der Waals surface area contributed by atoms with Gasteiger partial charge in [-0.05, 0) is 64.3 Å². The summed E-state index contributed by atoms with van der Waals surface area (Å²) in [5.74, 6) is 0.809. The zero-order valence-corrected chi connectivity index (χ0v) is 14.8. The molecule has 2 aromatic carbocycles. The molecule has 20 heavy (non-hydrogen) atoms. The molecular weight excluding hydrogens is 405 g/mol. The molecule has 0 radical (unpaired) electrons. The molecule has 0 fully saturated rings. The van der Waals surface area contributed by atoms with E-state index in [1.165, 1.54) is 0 Å². The monoisotopic (exact) mass is 417 g/mol. The second-order valence-electron chi connectivity index (χ2n) is 4.27. The van der Waals surface area contributed by atoms with Gasteiger partial charge in [-0.2, -0.15) is 0 Å². The summed E-state index contributed by atoms with van der Waals surface area (Å²) in [5.41, 5.74) is 8.17. The summed E-state index contributed by atoms with van der Waals surface area (Å²) >= 11 is 13.2. The summed E-state index contributed by atoms with van der Waals surface area (Å²) in [5, 5.41) is 0.658. The predicted molar refractivity (Wildman–Crippen MR) is 90.5 cm³/mol. The molecule has 1 unspecified atom stereocenters. The Bertz CT molecular complexity index is 619. The van der Waals surface area contributed by atoms with Gasteiger partial charge in [-0.3, -0.25) is 0 Å². The third-order valence-electron chi connectivity index (χ3n) is 2.91. The maximum absolute atomic E-state index is 6.31. The molecule has 2 N–H and O–H groups in total. The molecule has 0 amide bonds. The first-order valence-corrected chi connectivity index (χ1v) is 8.12. The fourth-order valence-electron chi connectivity index (χ4n) is 1.92. The molecule has 1 atom stereocenters. The molecule has 0 heterocycles. The molecule has 0 aliphatic carbocycles. The van der Waals surface area contributed by atoms with Gasteiger partial charge in [0.15, 0.2) is 0 Å². The molecule has 2 rings (SSSR count). The van der Waals surface area contributed by atoms with Crippen molar-refractivity contribution >= 4 is 43.5 Å². The van der Waals surface area contributed by atoms with Crippen LogP contribution in [0.25, 0.3) is 0 Å². The SMILES string of the molecule is CCOc1ccc(C(N)c2cc(Br)ccc2Cl)cc1Br. The largest absolute Gasteiger partial charge is 0.493 e. The highest BCUT2D eigenvalue weighted by Crippen LogP contribution is 2.33. The van der Waals surface area contributed by atoms with Crippen LogP contribution in [-0.2, 0) is 0 Å². The van der Waals surface area contributed by atoms with Crippen molar-refractivity contribution in [2.75, 3.05) is 6.61 Å². The van der Waals surface area contributed by atoms with Crippen molar-refractivity contribution in [1.82, 2.24) is 0 Å². The van der Waals surface area contributed by atoms with Gasteiger partial charge in [0, 0.05) is 9.50 Å². The second kappa shape index (κ2) is 6.94. The lowest BCUT2D eigenvalue weighted by atomic mass is 9.99. The smallest absolute Gasteiger partial charge is 0.133 e. The average molecular weight is 420 g/mol. The quantitative estimate of drug-likeness (QED) is 0.729. The van der Waals surface area contributed by atoms with Crippen LogP contribution in [0.1, 0.15) is 24.1 Å². The topological polar surface area (TPSA) is 35.2 Å². The van der Waals surface area contributed by atoms with Crippen LogP contribution in [0.5, 0.6) is 5.75 Å². The lowest BCUT2D eigenvalue weighted by molar-refractivity contribution is 0.338. The van der Waals surface area contributed by atoms with Gasteiger partial charge in [-0.25, -0.2) is 0 Å². The molecule has 2 nitrogen and oxygen atoms in total.